The molecule has 1 aromatic rings. The Kier molecular flexibility index (Phi) is 8.76. The van der Waals surface area contributed by atoms with Crippen LogP contribution < -0.4 is 17.2 Å². The topological polar surface area (TPSA) is 103 Å². The first-order valence-corrected chi connectivity index (χ1v) is 4.84. The summed E-state index contributed by atoms with van der Waals surface area (Å²) in [5.41, 5.74) is 15.3. The largest absolute Gasteiger partial charge is 0.416 e. The molecule has 0 unspecified atom stereocenters. The predicted molar refractivity (Wildman–Crippen MR) is 77.1 cm³/mol. The lowest BCUT2D eigenvalue weighted by Gasteiger charge is -2.06. The minimum atomic E-state index is -4.35. The van der Waals surface area contributed by atoms with Crippen molar-refractivity contribution in [3.63, 3.8) is 0 Å². The number of halogens is 5. The number of rotatable bonds is 2. The lowest BCUT2D eigenvalue weighted by Crippen LogP contribution is -2.26. The minimum absolute atomic E-state index is 0. The molecule has 0 radical (unpaired) electrons. The third-order valence-electron chi connectivity index (χ3n) is 1.95. The number of hydrogen-bond donors (Lipinski definition) is 3. The summed E-state index contributed by atoms with van der Waals surface area (Å²) in [5.74, 6) is -0.362. The number of benzene rings is 1. The standard InChI is InChI=1S/C10H12F3N5.2ClH/c11-10(12,13)7-3-1-6(2-4-7)5-17-9(16)18-8(14)15;;/h1-4H,5H2,(H6,14,15,16,17,18);2*1H. The first-order valence-electron chi connectivity index (χ1n) is 4.84. The summed E-state index contributed by atoms with van der Waals surface area (Å²) in [7, 11) is 0. The summed E-state index contributed by atoms with van der Waals surface area (Å²) >= 11 is 0. The van der Waals surface area contributed by atoms with Crippen molar-refractivity contribution in [2.45, 2.75) is 12.7 Å². The van der Waals surface area contributed by atoms with E-state index in [0.717, 1.165) is 12.1 Å². The fraction of sp³-hybridized carbons (Fsp3) is 0.200. The molecule has 0 bridgehead atoms. The number of hydrogen-bond acceptors (Lipinski definition) is 1. The second-order valence-corrected chi connectivity index (χ2v) is 3.41. The third-order valence-corrected chi connectivity index (χ3v) is 1.95. The van der Waals surface area contributed by atoms with Gasteiger partial charge in [0.15, 0.2) is 5.96 Å². The van der Waals surface area contributed by atoms with Crippen molar-refractivity contribution in [3.8, 4) is 0 Å². The van der Waals surface area contributed by atoms with Crippen LogP contribution in [-0.4, -0.2) is 11.9 Å². The summed E-state index contributed by atoms with van der Waals surface area (Å²) in [4.78, 5) is 7.26. The number of nitrogens with two attached hydrogens (primary N) is 3. The quantitative estimate of drug-likeness (QED) is 0.566. The molecule has 0 saturated carbocycles. The molecular formula is C10H14Cl2F3N5. The highest BCUT2D eigenvalue weighted by Crippen LogP contribution is 2.29. The maximum Gasteiger partial charge on any atom is 0.416 e. The van der Waals surface area contributed by atoms with Gasteiger partial charge in [0.1, 0.15) is 0 Å². The summed E-state index contributed by atoms with van der Waals surface area (Å²) < 4.78 is 36.9. The van der Waals surface area contributed by atoms with E-state index >= 15 is 0 Å². The average molecular weight is 332 g/mol. The summed E-state index contributed by atoms with van der Waals surface area (Å²) in [6.45, 7) is 0.0980. The van der Waals surface area contributed by atoms with Crippen LogP contribution in [0.4, 0.5) is 13.2 Å². The Hall–Kier alpha value is -1.67. The van der Waals surface area contributed by atoms with Gasteiger partial charge < -0.3 is 17.2 Å². The fourth-order valence-corrected chi connectivity index (χ4v) is 1.14. The van der Waals surface area contributed by atoms with Crippen molar-refractivity contribution in [2.75, 3.05) is 0 Å². The first kappa shape index (κ1) is 20.6. The van der Waals surface area contributed by atoms with Gasteiger partial charge in [0.05, 0.1) is 12.1 Å². The summed E-state index contributed by atoms with van der Waals surface area (Å²) in [6, 6.07) is 4.58. The number of aliphatic imine (C=N–C) groups is 2. The van der Waals surface area contributed by atoms with Crippen LogP contribution in [0, 0.1) is 0 Å². The molecule has 0 aliphatic heterocycles. The Balaban J connectivity index is 0. The molecule has 0 saturated heterocycles. The summed E-state index contributed by atoms with van der Waals surface area (Å²) in [6.07, 6.45) is -4.35. The molecule has 6 N–H and O–H groups in total. The molecule has 114 valence electrons. The Labute approximate surface area is 126 Å². The van der Waals surface area contributed by atoms with Crippen LogP contribution in [-0.2, 0) is 12.7 Å². The van der Waals surface area contributed by atoms with Crippen LogP contribution in [0.25, 0.3) is 0 Å². The molecule has 1 rings (SSSR count). The average Bonchev–Trinajstić information content (AvgIpc) is 2.25. The van der Waals surface area contributed by atoms with E-state index in [-0.39, 0.29) is 43.3 Å². The Bertz CT molecular complexity index is 467. The molecule has 5 nitrogen and oxygen atoms in total. The van der Waals surface area contributed by atoms with Gasteiger partial charge in [0, 0.05) is 0 Å². The molecule has 0 aromatic heterocycles. The van der Waals surface area contributed by atoms with E-state index in [2.05, 4.69) is 9.98 Å². The zero-order valence-electron chi connectivity index (χ0n) is 10.1. The molecule has 0 heterocycles. The second-order valence-electron chi connectivity index (χ2n) is 3.41. The maximum absolute atomic E-state index is 12.3. The van der Waals surface area contributed by atoms with Crippen molar-refractivity contribution in [2.24, 2.45) is 27.2 Å². The Morgan fingerprint density at radius 2 is 1.50 bits per heavy atom. The molecule has 0 spiro atoms. The van der Waals surface area contributed by atoms with Gasteiger partial charge in [-0.1, -0.05) is 12.1 Å². The van der Waals surface area contributed by atoms with Gasteiger partial charge >= 0.3 is 6.18 Å². The predicted octanol–water partition coefficient (Wildman–Crippen LogP) is 1.64. The minimum Gasteiger partial charge on any atom is -0.370 e. The smallest absolute Gasteiger partial charge is 0.370 e. The molecule has 0 amide bonds. The van der Waals surface area contributed by atoms with Crippen molar-refractivity contribution >= 4 is 36.7 Å². The van der Waals surface area contributed by atoms with Crippen molar-refractivity contribution in [1.82, 2.24) is 0 Å². The SMILES string of the molecule is Cl.Cl.NC(N)=NC(N)=NCc1ccc(C(F)(F)F)cc1. The lowest BCUT2D eigenvalue weighted by atomic mass is 10.1. The highest BCUT2D eigenvalue weighted by atomic mass is 35.5. The molecule has 0 atom stereocenters. The molecule has 20 heavy (non-hydrogen) atoms. The van der Waals surface area contributed by atoms with Crippen LogP contribution in [0.1, 0.15) is 11.1 Å². The Morgan fingerprint density at radius 1 is 1.00 bits per heavy atom. The fourth-order valence-electron chi connectivity index (χ4n) is 1.14. The Morgan fingerprint density at radius 3 is 1.90 bits per heavy atom. The van der Waals surface area contributed by atoms with E-state index in [9.17, 15) is 13.2 Å². The first-order chi connectivity index (χ1) is 8.29. The zero-order chi connectivity index (χ0) is 13.8. The highest BCUT2D eigenvalue weighted by molar-refractivity contribution is 5.92. The van der Waals surface area contributed by atoms with Crippen LogP contribution in [0.15, 0.2) is 34.3 Å². The van der Waals surface area contributed by atoms with Gasteiger partial charge in [-0.3, -0.25) is 0 Å². The maximum atomic E-state index is 12.3. The monoisotopic (exact) mass is 331 g/mol. The van der Waals surface area contributed by atoms with Crippen LogP contribution in [0.2, 0.25) is 0 Å². The molecule has 0 aliphatic carbocycles. The van der Waals surface area contributed by atoms with Crippen LogP contribution in [0.5, 0.6) is 0 Å². The highest BCUT2D eigenvalue weighted by Gasteiger charge is 2.29. The number of nitrogens with zero attached hydrogens (tertiary/aromatic N) is 2. The normalized spacial score (nSPS) is 11.1. The van der Waals surface area contributed by atoms with Crippen molar-refractivity contribution in [1.29, 1.82) is 0 Å². The molecule has 0 fully saturated rings. The molecule has 1 aromatic carbocycles. The van der Waals surface area contributed by atoms with Crippen molar-refractivity contribution < 1.29 is 13.2 Å². The summed E-state index contributed by atoms with van der Waals surface area (Å²) in [5, 5.41) is 0. The van der Waals surface area contributed by atoms with Gasteiger partial charge in [0.2, 0.25) is 5.96 Å². The van der Waals surface area contributed by atoms with Gasteiger partial charge in [-0.25, -0.2) is 4.99 Å². The van der Waals surface area contributed by atoms with Gasteiger partial charge in [-0.15, -0.1) is 24.8 Å². The number of alkyl halides is 3. The molecular weight excluding hydrogens is 318 g/mol. The molecule has 10 heteroatoms. The van der Waals surface area contributed by atoms with Gasteiger partial charge in [0.25, 0.3) is 0 Å². The van der Waals surface area contributed by atoms with Gasteiger partial charge in [-0.2, -0.15) is 18.2 Å². The van der Waals surface area contributed by atoms with E-state index in [0.29, 0.717) is 5.56 Å². The van der Waals surface area contributed by atoms with Gasteiger partial charge in [-0.05, 0) is 17.7 Å². The lowest BCUT2D eigenvalue weighted by molar-refractivity contribution is -0.137. The van der Waals surface area contributed by atoms with E-state index in [1.807, 2.05) is 0 Å². The van der Waals surface area contributed by atoms with Crippen molar-refractivity contribution in [3.05, 3.63) is 35.4 Å². The van der Waals surface area contributed by atoms with E-state index < -0.39 is 11.7 Å². The van der Waals surface area contributed by atoms with Crippen LogP contribution >= 0.6 is 24.8 Å². The van der Waals surface area contributed by atoms with E-state index in [1.54, 1.807) is 0 Å². The zero-order valence-corrected chi connectivity index (χ0v) is 11.7. The second kappa shape index (κ2) is 8.49. The number of guanidine groups is 2. The van der Waals surface area contributed by atoms with Crippen LogP contribution in [0.3, 0.4) is 0 Å². The van der Waals surface area contributed by atoms with E-state index in [4.69, 9.17) is 17.2 Å². The van der Waals surface area contributed by atoms with E-state index in [1.165, 1.54) is 12.1 Å². The third kappa shape index (κ3) is 7.05. The molecule has 0 aliphatic rings.